The average Bonchev–Trinajstić information content (AvgIpc) is 3.14. The summed E-state index contributed by atoms with van der Waals surface area (Å²) >= 11 is 0. The number of fused-ring (bicyclic) bond motifs is 3. The fraction of sp³-hybridized carbons (Fsp3) is 0. The molecule has 0 saturated carbocycles. The number of hydrogen-bond acceptors (Lipinski definition) is 4. The van der Waals surface area contributed by atoms with Crippen molar-refractivity contribution in [2.45, 2.75) is 0 Å². The van der Waals surface area contributed by atoms with Crippen LogP contribution in [0.2, 0.25) is 0 Å². The third-order valence-corrected chi connectivity index (χ3v) is 8.04. The zero-order chi connectivity index (χ0) is 33.5. The molecule has 3 aromatic heterocycles. The molecule has 0 amide bonds. The van der Waals surface area contributed by atoms with Gasteiger partial charge in [-0.1, -0.05) is 148 Å². The van der Waals surface area contributed by atoms with Crippen molar-refractivity contribution in [3.8, 4) is 33.6 Å². The molecule has 230 valence electrons. The van der Waals surface area contributed by atoms with Crippen molar-refractivity contribution in [3.05, 3.63) is 183 Å². The molecule has 6 aromatic rings. The Morgan fingerprint density at radius 3 is 2.02 bits per heavy atom. The van der Waals surface area contributed by atoms with E-state index in [1.165, 1.54) is 0 Å². The molecule has 0 aliphatic heterocycles. The topological polar surface area (TPSA) is 51.6 Å². The lowest BCUT2D eigenvalue weighted by Gasteiger charge is -2.16. The van der Waals surface area contributed by atoms with Gasteiger partial charge in [-0.15, -0.1) is 0 Å². The minimum Gasteiger partial charge on any atom is -0.254 e. The van der Waals surface area contributed by atoms with Crippen molar-refractivity contribution in [1.29, 1.82) is 0 Å². The Bertz CT molecular complexity index is 2320. The van der Waals surface area contributed by atoms with Crippen LogP contribution in [0.25, 0.3) is 79.2 Å². The molecule has 0 radical (unpaired) electrons. The van der Waals surface area contributed by atoms with Crippen molar-refractivity contribution in [2.75, 3.05) is 0 Å². The summed E-state index contributed by atoms with van der Waals surface area (Å²) in [4.78, 5) is 19.4. The summed E-state index contributed by atoms with van der Waals surface area (Å²) < 4.78 is 0. The van der Waals surface area contributed by atoms with Gasteiger partial charge in [0.05, 0.1) is 28.1 Å². The lowest BCUT2D eigenvalue weighted by molar-refractivity contribution is 1.11. The summed E-state index contributed by atoms with van der Waals surface area (Å²) in [5.41, 5.74) is 10.9. The molecule has 6 rings (SSSR count). The summed E-state index contributed by atoms with van der Waals surface area (Å²) in [6.07, 6.45) is 20.2. The molecule has 0 aliphatic carbocycles. The number of benzene rings is 3. The zero-order valence-electron chi connectivity index (χ0n) is 26.7. The van der Waals surface area contributed by atoms with Gasteiger partial charge in [0.2, 0.25) is 0 Å². The Hall–Kier alpha value is -6.52. The normalized spacial score (nSPS) is 11.7. The second kappa shape index (κ2) is 14.3. The van der Waals surface area contributed by atoms with Crippen LogP contribution in [0.3, 0.4) is 0 Å². The molecule has 0 unspecified atom stereocenters. The SMILES string of the molecule is C=C/C=C\C=C\c1cc(-c2ccc(-c3ccc(-c4ccc5ccc6cccnc6c5n4)cc3)c(C=C)c2C=C)nc(/C(C=C)=C/C=C)n1. The third kappa shape index (κ3) is 6.28. The molecule has 48 heavy (non-hydrogen) atoms. The summed E-state index contributed by atoms with van der Waals surface area (Å²) in [6, 6.07) is 27.0. The van der Waals surface area contributed by atoms with Gasteiger partial charge in [-0.3, -0.25) is 4.98 Å². The van der Waals surface area contributed by atoms with Crippen LogP contribution >= 0.6 is 0 Å². The maximum absolute atomic E-state index is 5.02. The minimum atomic E-state index is 0.552. The summed E-state index contributed by atoms with van der Waals surface area (Å²) in [6.45, 7) is 19.9. The minimum absolute atomic E-state index is 0.552. The summed E-state index contributed by atoms with van der Waals surface area (Å²) in [5.74, 6) is 0.552. The number of hydrogen-bond donors (Lipinski definition) is 0. The standard InChI is InChI=1S/C44H34N4/c1-6-11-12-13-17-35-29-41(48-44(46-35)30(8-3)15-7-2)39-26-25-38(36(9-4)37(39)10-5)31-18-20-32(21-19-31)40-27-24-34-23-22-33-16-14-28-45-42(33)43(34)47-40/h6-29H,1-5H2/b12-11-,17-13+,30-15+. The van der Waals surface area contributed by atoms with Gasteiger partial charge in [0.15, 0.2) is 5.82 Å². The first kappa shape index (κ1) is 31.5. The van der Waals surface area contributed by atoms with Crippen molar-refractivity contribution < 1.29 is 0 Å². The number of aromatic nitrogens is 4. The smallest absolute Gasteiger partial charge is 0.160 e. The van der Waals surface area contributed by atoms with Crippen LogP contribution in [0.15, 0.2) is 160 Å². The van der Waals surface area contributed by atoms with Crippen molar-refractivity contribution >= 4 is 45.6 Å². The van der Waals surface area contributed by atoms with E-state index in [1.807, 2.05) is 60.9 Å². The van der Waals surface area contributed by atoms with Crippen LogP contribution in [-0.4, -0.2) is 19.9 Å². The molecule has 4 nitrogen and oxygen atoms in total. The Labute approximate surface area is 281 Å². The highest BCUT2D eigenvalue weighted by atomic mass is 14.9. The van der Waals surface area contributed by atoms with Crippen LogP contribution in [0, 0.1) is 0 Å². The largest absolute Gasteiger partial charge is 0.254 e. The van der Waals surface area contributed by atoms with Gasteiger partial charge in [-0.2, -0.15) is 0 Å². The predicted molar refractivity (Wildman–Crippen MR) is 206 cm³/mol. The zero-order valence-corrected chi connectivity index (χ0v) is 26.7. The molecule has 3 heterocycles. The molecule has 4 heteroatoms. The second-order valence-electron chi connectivity index (χ2n) is 10.9. The highest BCUT2D eigenvalue weighted by Crippen LogP contribution is 2.36. The molecule has 0 N–H and O–H groups in total. The van der Waals surface area contributed by atoms with Gasteiger partial charge in [-0.05, 0) is 46.5 Å². The van der Waals surface area contributed by atoms with E-state index >= 15 is 0 Å². The van der Waals surface area contributed by atoms with E-state index in [2.05, 4.69) is 105 Å². The molecule has 0 bridgehead atoms. The third-order valence-electron chi connectivity index (χ3n) is 8.04. The van der Waals surface area contributed by atoms with Gasteiger partial charge in [-0.25, -0.2) is 15.0 Å². The Morgan fingerprint density at radius 2 is 1.29 bits per heavy atom. The first-order valence-corrected chi connectivity index (χ1v) is 15.6. The molecular weight excluding hydrogens is 585 g/mol. The van der Waals surface area contributed by atoms with E-state index in [0.717, 1.165) is 77.8 Å². The maximum Gasteiger partial charge on any atom is 0.160 e. The number of rotatable bonds is 11. The molecule has 0 spiro atoms. The fourth-order valence-corrected chi connectivity index (χ4v) is 5.73. The second-order valence-corrected chi connectivity index (χ2v) is 10.9. The highest BCUT2D eigenvalue weighted by Gasteiger charge is 2.16. The van der Waals surface area contributed by atoms with E-state index < -0.39 is 0 Å². The fourth-order valence-electron chi connectivity index (χ4n) is 5.73. The molecule has 0 saturated heterocycles. The van der Waals surface area contributed by atoms with E-state index in [-0.39, 0.29) is 0 Å². The molecule has 0 fully saturated rings. The van der Waals surface area contributed by atoms with Crippen molar-refractivity contribution in [1.82, 2.24) is 19.9 Å². The van der Waals surface area contributed by atoms with E-state index in [0.29, 0.717) is 5.82 Å². The van der Waals surface area contributed by atoms with Gasteiger partial charge in [0, 0.05) is 33.7 Å². The van der Waals surface area contributed by atoms with Gasteiger partial charge in [0.25, 0.3) is 0 Å². The van der Waals surface area contributed by atoms with E-state index in [1.54, 1.807) is 18.2 Å². The van der Waals surface area contributed by atoms with Gasteiger partial charge < -0.3 is 0 Å². The molecular formula is C44H34N4. The van der Waals surface area contributed by atoms with Crippen LogP contribution in [0.4, 0.5) is 0 Å². The first-order chi connectivity index (χ1) is 23.6. The van der Waals surface area contributed by atoms with Crippen molar-refractivity contribution in [3.63, 3.8) is 0 Å². The van der Waals surface area contributed by atoms with Crippen LogP contribution in [0.5, 0.6) is 0 Å². The quantitative estimate of drug-likeness (QED) is 0.107. The number of nitrogens with zero attached hydrogens (tertiary/aromatic N) is 4. The monoisotopic (exact) mass is 618 g/mol. The maximum atomic E-state index is 5.02. The van der Waals surface area contributed by atoms with Crippen LogP contribution in [-0.2, 0) is 0 Å². The van der Waals surface area contributed by atoms with Crippen molar-refractivity contribution in [2.24, 2.45) is 0 Å². The van der Waals surface area contributed by atoms with E-state index in [4.69, 9.17) is 15.0 Å². The lowest BCUT2D eigenvalue weighted by Crippen LogP contribution is -2.00. The Morgan fingerprint density at radius 1 is 0.583 bits per heavy atom. The lowest BCUT2D eigenvalue weighted by atomic mass is 9.90. The molecule has 0 aliphatic rings. The predicted octanol–water partition coefficient (Wildman–Crippen LogP) is 11.4. The molecule has 3 aromatic carbocycles. The first-order valence-electron chi connectivity index (χ1n) is 15.6. The van der Waals surface area contributed by atoms with Crippen LogP contribution < -0.4 is 0 Å². The summed E-state index contributed by atoms with van der Waals surface area (Å²) in [5, 5.41) is 2.14. The summed E-state index contributed by atoms with van der Waals surface area (Å²) in [7, 11) is 0. The van der Waals surface area contributed by atoms with Gasteiger partial charge in [0.1, 0.15) is 0 Å². The highest BCUT2D eigenvalue weighted by molar-refractivity contribution is 6.03. The number of allylic oxidation sites excluding steroid dienone is 8. The van der Waals surface area contributed by atoms with E-state index in [9.17, 15) is 0 Å². The Kier molecular flexibility index (Phi) is 9.36. The number of pyridine rings is 2. The molecule has 0 atom stereocenters. The average molecular weight is 619 g/mol. The van der Waals surface area contributed by atoms with Gasteiger partial charge >= 0.3 is 0 Å². The van der Waals surface area contributed by atoms with Crippen LogP contribution in [0.1, 0.15) is 22.6 Å². The Balaban J connectivity index is 1.41.